The minimum atomic E-state index is -0.354. The summed E-state index contributed by atoms with van der Waals surface area (Å²) in [5.74, 6) is 0.872. The van der Waals surface area contributed by atoms with Gasteiger partial charge in [0.2, 0.25) is 0 Å². The van der Waals surface area contributed by atoms with Gasteiger partial charge in [-0.15, -0.1) is 0 Å². The van der Waals surface area contributed by atoms with Crippen molar-refractivity contribution >= 4 is 5.82 Å². The van der Waals surface area contributed by atoms with Crippen molar-refractivity contribution in [2.75, 3.05) is 38.8 Å². The largest absolute Gasteiger partial charge is 0.392 e. The smallest absolute Gasteiger partial charge is 0.128 e. The molecule has 1 atom stereocenters. The number of aromatic nitrogens is 1. The van der Waals surface area contributed by atoms with Crippen LogP contribution in [0.3, 0.4) is 0 Å². The predicted molar refractivity (Wildman–Crippen MR) is 72.8 cm³/mol. The van der Waals surface area contributed by atoms with E-state index in [-0.39, 0.29) is 6.10 Å². The molecule has 2 N–H and O–H groups in total. The molecular weight excluding hydrogens is 230 g/mol. The molecule has 18 heavy (non-hydrogen) atoms. The van der Waals surface area contributed by atoms with Gasteiger partial charge in [-0.3, -0.25) is 0 Å². The van der Waals surface area contributed by atoms with E-state index >= 15 is 0 Å². The number of nitrogens with one attached hydrogen (secondary N) is 1. The number of nitrogens with zero attached hydrogens (tertiary/aromatic N) is 2. The number of aliphatic hydroxyl groups excluding tert-OH is 1. The minimum absolute atomic E-state index is 0.354. The van der Waals surface area contributed by atoms with E-state index in [4.69, 9.17) is 4.74 Å². The highest BCUT2D eigenvalue weighted by molar-refractivity contribution is 5.38. The second-order valence-electron chi connectivity index (χ2n) is 4.42. The molecule has 5 heteroatoms. The molecule has 1 aromatic heterocycles. The van der Waals surface area contributed by atoms with E-state index in [1.165, 1.54) is 0 Å². The molecule has 102 valence electrons. The molecule has 0 aromatic carbocycles. The first kappa shape index (κ1) is 14.9. The predicted octanol–water partition coefficient (Wildman–Crippen LogP) is 0.635. The van der Waals surface area contributed by atoms with Crippen molar-refractivity contribution in [3.63, 3.8) is 0 Å². The Bertz CT molecular complexity index is 328. The molecule has 1 heterocycles. The zero-order chi connectivity index (χ0) is 13.4. The third-order valence-electron chi connectivity index (χ3n) is 2.55. The number of hydrogen-bond acceptors (Lipinski definition) is 5. The van der Waals surface area contributed by atoms with Crippen molar-refractivity contribution in [1.82, 2.24) is 10.3 Å². The first-order chi connectivity index (χ1) is 8.63. The van der Waals surface area contributed by atoms with Crippen LogP contribution in [0.4, 0.5) is 5.82 Å². The zero-order valence-electron chi connectivity index (χ0n) is 11.4. The normalized spacial score (nSPS) is 12.4. The number of methoxy groups -OCH3 is 1. The fraction of sp³-hybridized carbons (Fsp3) is 0.615. The number of aliphatic hydroxyl groups is 1. The van der Waals surface area contributed by atoms with Gasteiger partial charge < -0.3 is 20.1 Å². The van der Waals surface area contributed by atoms with Crippen molar-refractivity contribution in [3.8, 4) is 0 Å². The second-order valence-corrected chi connectivity index (χ2v) is 4.42. The molecule has 0 fully saturated rings. The highest BCUT2D eigenvalue weighted by Crippen LogP contribution is 2.09. The molecule has 1 unspecified atom stereocenters. The van der Waals surface area contributed by atoms with Gasteiger partial charge in [-0.25, -0.2) is 4.98 Å². The fourth-order valence-corrected chi connectivity index (χ4v) is 1.64. The molecule has 0 saturated heterocycles. The van der Waals surface area contributed by atoms with Gasteiger partial charge in [-0.2, -0.15) is 0 Å². The van der Waals surface area contributed by atoms with Crippen LogP contribution in [-0.4, -0.2) is 50.0 Å². The van der Waals surface area contributed by atoms with Crippen LogP contribution in [0.15, 0.2) is 18.3 Å². The van der Waals surface area contributed by atoms with Gasteiger partial charge >= 0.3 is 0 Å². The summed E-state index contributed by atoms with van der Waals surface area (Å²) in [5, 5.41) is 12.6. The highest BCUT2D eigenvalue weighted by Gasteiger charge is 2.05. The van der Waals surface area contributed by atoms with Crippen LogP contribution in [-0.2, 0) is 11.3 Å². The molecule has 0 aliphatic carbocycles. The summed E-state index contributed by atoms with van der Waals surface area (Å²) in [6.45, 7) is 4.68. The fourth-order valence-electron chi connectivity index (χ4n) is 1.64. The average molecular weight is 253 g/mol. The van der Waals surface area contributed by atoms with Crippen molar-refractivity contribution in [2.24, 2.45) is 0 Å². The van der Waals surface area contributed by atoms with Crippen LogP contribution in [0.1, 0.15) is 12.5 Å². The maximum atomic E-state index is 9.31. The van der Waals surface area contributed by atoms with Crippen molar-refractivity contribution in [1.29, 1.82) is 0 Å². The van der Waals surface area contributed by atoms with Gasteiger partial charge in [0.05, 0.1) is 12.7 Å². The zero-order valence-corrected chi connectivity index (χ0v) is 11.4. The summed E-state index contributed by atoms with van der Waals surface area (Å²) in [6, 6.07) is 4.01. The molecule has 0 aliphatic heterocycles. The van der Waals surface area contributed by atoms with E-state index in [9.17, 15) is 5.11 Å². The Morgan fingerprint density at radius 1 is 1.50 bits per heavy atom. The van der Waals surface area contributed by atoms with Crippen molar-refractivity contribution < 1.29 is 9.84 Å². The Morgan fingerprint density at radius 3 is 2.83 bits per heavy atom. The maximum Gasteiger partial charge on any atom is 0.128 e. The van der Waals surface area contributed by atoms with Crippen LogP contribution in [0, 0.1) is 0 Å². The first-order valence-corrected chi connectivity index (χ1v) is 6.17. The first-order valence-electron chi connectivity index (χ1n) is 6.17. The Morgan fingerprint density at radius 2 is 2.28 bits per heavy atom. The number of anilines is 1. The van der Waals surface area contributed by atoms with Crippen LogP contribution < -0.4 is 10.2 Å². The Labute approximate surface area is 109 Å². The van der Waals surface area contributed by atoms with Crippen LogP contribution in [0.2, 0.25) is 0 Å². The number of likely N-dealkylation sites (N-methyl/N-ethyl adjacent to an activating group) is 1. The van der Waals surface area contributed by atoms with E-state index in [0.29, 0.717) is 13.2 Å². The lowest BCUT2D eigenvalue weighted by Crippen LogP contribution is -2.27. The molecule has 1 aromatic rings. The Balaban J connectivity index is 2.42. The number of pyridine rings is 1. The molecule has 0 radical (unpaired) electrons. The molecule has 0 saturated carbocycles. The number of rotatable bonds is 8. The molecule has 0 amide bonds. The second kappa shape index (κ2) is 8.02. The molecule has 1 rings (SSSR count). The lowest BCUT2D eigenvalue weighted by atomic mass is 10.2. The summed E-state index contributed by atoms with van der Waals surface area (Å²) in [7, 11) is 3.61. The Hall–Kier alpha value is -1.17. The number of ether oxygens (including phenoxy) is 1. The summed E-state index contributed by atoms with van der Waals surface area (Å²) >= 11 is 0. The summed E-state index contributed by atoms with van der Waals surface area (Å²) in [6.07, 6.45) is 1.50. The SMILES string of the molecule is COCCNCc1ccc(N(C)CC(C)O)nc1. The average Bonchev–Trinajstić information content (AvgIpc) is 2.34. The standard InChI is InChI=1S/C13H23N3O2/c1-11(17)10-16(2)13-5-4-12(9-15-13)8-14-6-7-18-3/h4-5,9,11,14,17H,6-8,10H2,1-3H3. The van der Waals surface area contributed by atoms with Gasteiger partial charge in [0, 0.05) is 40.0 Å². The minimum Gasteiger partial charge on any atom is -0.392 e. The van der Waals surface area contributed by atoms with Crippen molar-refractivity contribution in [3.05, 3.63) is 23.9 Å². The van der Waals surface area contributed by atoms with E-state index in [2.05, 4.69) is 10.3 Å². The third-order valence-corrected chi connectivity index (χ3v) is 2.55. The van der Waals surface area contributed by atoms with Gasteiger partial charge in [-0.05, 0) is 18.6 Å². The summed E-state index contributed by atoms with van der Waals surface area (Å²) in [4.78, 5) is 6.31. The van der Waals surface area contributed by atoms with Gasteiger partial charge in [0.1, 0.15) is 5.82 Å². The van der Waals surface area contributed by atoms with E-state index in [0.717, 1.165) is 24.5 Å². The van der Waals surface area contributed by atoms with E-state index < -0.39 is 0 Å². The molecule has 5 nitrogen and oxygen atoms in total. The van der Waals surface area contributed by atoms with Gasteiger partial charge in [0.25, 0.3) is 0 Å². The van der Waals surface area contributed by atoms with Crippen LogP contribution in [0.5, 0.6) is 0 Å². The molecule has 0 bridgehead atoms. The highest BCUT2D eigenvalue weighted by atomic mass is 16.5. The quantitative estimate of drug-likeness (QED) is 0.666. The third kappa shape index (κ3) is 5.44. The van der Waals surface area contributed by atoms with E-state index in [1.807, 2.05) is 30.3 Å². The van der Waals surface area contributed by atoms with Crippen molar-refractivity contribution in [2.45, 2.75) is 19.6 Å². The maximum absolute atomic E-state index is 9.31. The lowest BCUT2D eigenvalue weighted by molar-refractivity contribution is 0.199. The van der Waals surface area contributed by atoms with Crippen LogP contribution >= 0.6 is 0 Å². The topological polar surface area (TPSA) is 57.6 Å². The van der Waals surface area contributed by atoms with Crippen LogP contribution in [0.25, 0.3) is 0 Å². The van der Waals surface area contributed by atoms with E-state index in [1.54, 1.807) is 14.0 Å². The lowest BCUT2D eigenvalue weighted by Gasteiger charge is -2.19. The monoisotopic (exact) mass is 253 g/mol. The molecule has 0 aliphatic rings. The summed E-state index contributed by atoms with van der Waals surface area (Å²) in [5.41, 5.74) is 1.14. The number of hydrogen-bond donors (Lipinski definition) is 2. The molecular formula is C13H23N3O2. The van der Waals surface area contributed by atoms with Gasteiger partial charge in [0.15, 0.2) is 0 Å². The van der Waals surface area contributed by atoms with Gasteiger partial charge in [-0.1, -0.05) is 6.07 Å². The summed E-state index contributed by atoms with van der Waals surface area (Å²) < 4.78 is 4.96. The molecule has 0 spiro atoms. The Kier molecular flexibility index (Phi) is 6.64.